The largest absolute Gasteiger partial charge is 0.496 e. The van der Waals surface area contributed by atoms with Gasteiger partial charge in [0.05, 0.1) is 35.1 Å². The molecular formula is C24H26N6O2. The molecule has 0 saturated carbocycles. The maximum absolute atomic E-state index is 5.80. The SMILES string of the molecule is CCCc1nn(C)c(C)c1-c1ncnc2[nH]c3cc(-c4c(C)noc4C)c(OC)cc3c12. The number of hydrogen-bond donors (Lipinski definition) is 1. The number of hydrogen-bond acceptors (Lipinski definition) is 6. The minimum absolute atomic E-state index is 0.749. The summed E-state index contributed by atoms with van der Waals surface area (Å²) in [7, 11) is 3.66. The van der Waals surface area contributed by atoms with Gasteiger partial charge in [0, 0.05) is 34.8 Å². The van der Waals surface area contributed by atoms with Gasteiger partial charge in [0.1, 0.15) is 23.5 Å². The van der Waals surface area contributed by atoms with E-state index in [2.05, 4.69) is 35.0 Å². The summed E-state index contributed by atoms with van der Waals surface area (Å²) in [4.78, 5) is 12.7. The molecule has 8 nitrogen and oxygen atoms in total. The Balaban J connectivity index is 1.84. The number of aromatic nitrogens is 6. The van der Waals surface area contributed by atoms with Crippen molar-refractivity contribution in [2.24, 2.45) is 7.05 Å². The lowest BCUT2D eigenvalue weighted by Gasteiger charge is -2.09. The number of H-pyrrole nitrogens is 1. The molecule has 5 aromatic rings. The molecule has 32 heavy (non-hydrogen) atoms. The number of ether oxygens (including phenoxy) is 1. The number of fused-ring (bicyclic) bond motifs is 3. The predicted molar refractivity (Wildman–Crippen MR) is 124 cm³/mol. The van der Waals surface area contributed by atoms with Crippen LogP contribution in [0.5, 0.6) is 5.75 Å². The molecular weight excluding hydrogens is 404 g/mol. The Morgan fingerprint density at radius 1 is 1.12 bits per heavy atom. The highest BCUT2D eigenvalue weighted by atomic mass is 16.5. The average molecular weight is 431 g/mol. The number of nitrogens with zero attached hydrogens (tertiary/aromatic N) is 5. The van der Waals surface area contributed by atoms with E-state index in [-0.39, 0.29) is 0 Å². The number of benzene rings is 1. The minimum Gasteiger partial charge on any atom is -0.496 e. The van der Waals surface area contributed by atoms with Crippen molar-refractivity contribution in [3.8, 4) is 28.1 Å². The molecule has 0 aliphatic rings. The first-order valence-electron chi connectivity index (χ1n) is 10.7. The van der Waals surface area contributed by atoms with E-state index >= 15 is 0 Å². The van der Waals surface area contributed by atoms with Crippen molar-refractivity contribution in [2.75, 3.05) is 7.11 Å². The van der Waals surface area contributed by atoms with Crippen LogP contribution in [0.25, 0.3) is 44.3 Å². The quantitative estimate of drug-likeness (QED) is 0.419. The van der Waals surface area contributed by atoms with Crippen molar-refractivity contribution in [3.63, 3.8) is 0 Å². The first kappa shape index (κ1) is 20.2. The third-order valence-corrected chi connectivity index (χ3v) is 6.14. The van der Waals surface area contributed by atoms with Gasteiger partial charge in [-0.3, -0.25) is 4.68 Å². The van der Waals surface area contributed by atoms with Gasteiger partial charge >= 0.3 is 0 Å². The smallest absolute Gasteiger partial charge is 0.142 e. The third-order valence-electron chi connectivity index (χ3n) is 6.14. The van der Waals surface area contributed by atoms with Crippen LogP contribution in [0, 0.1) is 20.8 Å². The Bertz CT molecular complexity index is 1450. The van der Waals surface area contributed by atoms with Crippen LogP contribution < -0.4 is 4.74 Å². The fourth-order valence-corrected chi connectivity index (χ4v) is 4.57. The van der Waals surface area contributed by atoms with Crippen molar-refractivity contribution in [3.05, 3.63) is 41.3 Å². The van der Waals surface area contributed by atoms with Crippen LogP contribution in [0.1, 0.15) is 36.2 Å². The second-order valence-electron chi connectivity index (χ2n) is 8.15. The van der Waals surface area contributed by atoms with Crippen LogP contribution >= 0.6 is 0 Å². The molecule has 4 heterocycles. The fourth-order valence-electron chi connectivity index (χ4n) is 4.57. The van der Waals surface area contributed by atoms with Gasteiger partial charge in [0.15, 0.2) is 0 Å². The van der Waals surface area contributed by atoms with Gasteiger partial charge in [0.2, 0.25) is 0 Å². The molecule has 0 bridgehead atoms. The molecule has 0 aliphatic carbocycles. The van der Waals surface area contributed by atoms with E-state index in [9.17, 15) is 0 Å². The van der Waals surface area contributed by atoms with Crippen LogP contribution in [-0.2, 0) is 13.5 Å². The highest BCUT2D eigenvalue weighted by Gasteiger charge is 2.23. The summed E-state index contributed by atoms with van der Waals surface area (Å²) in [5, 5.41) is 10.8. The minimum atomic E-state index is 0.749. The Hall–Kier alpha value is -3.68. The lowest BCUT2D eigenvalue weighted by atomic mass is 9.99. The van der Waals surface area contributed by atoms with Gasteiger partial charge in [-0.05, 0) is 39.3 Å². The predicted octanol–water partition coefficient (Wildman–Crippen LogP) is 5.05. The summed E-state index contributed by atoms with van der Waals surface area (Å²) in [5.41, 5.74) is 8.56. The van der Waals surface area contributed by atoms with E-state index in [1.54, 1.807) is 13.4 Å². The van der Waals surface area contributed by atoms with Gasteiger partial charge in [-0.15, -0.1) is 0 Å². The second-order valence-corrected chi connectivity index (χ2v) is 8.15. The van der Waals surface area contributed by atoms with E-state index in [0.717, 1.165) is 85.8 Å². The molecule has 8 heteroatoms. The van der Waals surface area contributed by atoms with Crippen LogP contribution in [-0.4, -0.2) is 37.0 Å². The molecule has 164 valence electrons. The summed E-state index contributed by atoms with van der Waals surface area (Å²) >= 11 is 0. The molecule has 0 fully saturated rings. The summed E-state index contributed by atoms with van der Waals surface area (Å²) in [5.74, 6) is 1.51. The van der Waals surface area contributed by atoms with Crippen molar-refractivity contribution in [1.29, 1.82) is 0 Å². The maximum Gasteiger partial charge on any atom is 0.142 e. The Morgan fingerprint density at radius 3 is 2.62 bits per heavy atom. The first-order valence-corrected chi connectivity index (χ1v) is 10.7. The molecule has 0 saturated heterocycles. The number of nitrogens with one attached hydrogen (secondary N) is 1. The summed E-state index contributed by atoms with van der Waals surface area (Å²) < 4.78 is 13.1. The molecule has 1 N–H and O–H groups in total. The van der Waals surface area contributed by atoms with Gasteiger partial charge in [-0.25, -0.2) is 9.97 Å². The van der Waals surface area contributed by atoms with Crippen molar-refractivity contribution in [1.82, 2.24) is 29.9 Å². The van der Waals surface area contributed by atoms with Crippen LogP contribution in [0.3, 0.4) is 0 Å². The molecule has 0 unspecified atom stereocenters. The Kier molecular flexibility index (Phi) is 4.73. The van der Waals surface area contributed by atoms with E-state index < -0.39 is 0 Å². The number of rotatable bonds is 5. The topological polar surface area (TPSA) is 94.7 Å². The Labute approximate surface area is 185 Å². The van der Waals surface area contributed by atoms with Crippen LogP contribution in [0.15, 0.2) is 23.0 Å². The Morgan fingerprint density at radius 2 is 1.94 bits per heavy atom. The van der Waals surface area contributed by atoms with Gasteiger partial charge < -0.3 is 14.2 Å². The molecule has 4 aromatic heterocycles. The monoisotopic (exact) mass is 430 g/mol. The molecule has 0 amide bonds. The zero-order chi connectivity index (χ0) is 22.6. The normalized spacial score (nSPS) is 11.7. The zero-order valence-corrected chi connectivity index (χ0v) is 19.2. The summed E-state index contributed by atoms with van der Waals surface area (Å²) in [6.07, 6.45) is 3.52. The van der Waals surface area contributed by atoms with Crippen molar-refractivity contribution in [2.45, 2.75) is 40.5 Å². The highest BCUT2D eigenvalue weighted by Crippen LogP contribution is 2.41. The van der Waals surface area contributed by atoms with E-state index in [0.29, 0.717) is 0 Å². The molecule has 0 aliphatic heterocycles. The number of aromatic amines is 1. The second kappa shape index (κ2) is 7.47. The molecule has 0 radical (unpaired) electrons. The molecule has 1 aromatic carbocycles. The van der Waals surface area contributed by atoms with Crippen LogP contribution in [0.4, 0.5) is 0 Å². The number of methoxy groups -OCH3 is 1. The lowest BCUT2D eigenvalue weighted by Crippen LogP contribution is -1.94. The number of aryl methyl sites for hydroxylation is 4. The highest BCUT2D eigenvalue weighted by molar-refractivity contribution is 6.13. The van der Waals surface area contributed by atoms with Crippen molar-refractivity contribution < 1.29 is 9.26 Å². The molecule has 0 atom stereocenters. The van der Waals surface area contributed by atoms with E-state index in [1.807, 2.05) is 31.6 Å². The third kappa shape index (κ3) is 2.90. The van der Waals surface area contributed by atoms with Crippen molar-refractivity contribution >= 4 is 21.9 Å². The van der Waals surface area contributed by atoms with Gasteiger partial charge in [0.25, 0.3) is 0 Å². The molecule has 0 spiro atoms. The van der Waals surface area contributed by atoms with E-state index in [1.165, 1.54) is 0 Å². The van der Waals surface area contributed by atoms with E-state index in [4.69, 9.17) is 19.3 Å². The average Bonchev–Trinajstić information content (AvgIpc) is 3.40. The maximum atomic E-state index is 5.80. The standard InChI is InChI=1S/C24H26N6O2/c1-7-8-17-21(13(3)30(5)28-17)23-22-15-10-19(31-6)16(20-12(2)29-32-14(20)4)9-18(15)27-24(22)26-11-25-23/h9-11H,7-8H2,1-6H3,(H,25,26,27). The zero-order valence-electron chi connectivity index (χ0n) is 19.2. The van der Waals surface area contributed by atoms with Gasteiger partial charge in [-0.2, -0.15) is 5.10 Å². The molecule has 5 rings (SSSR count). The summed E-state index contributed by atoms with van der Waals surface area (Å²) in [6, 6.07) is 4.13. The van der Waals surface area contributed by atoms with Gasteiger partial charge in [-0.1, -0.05) is 18.5 Å². The van der Waals surface area contributed by atoms with Crippen LogP contribution in [0.2, 0.25) is 0 Å². The fraction of sp³-hybridized carbons (Fsp3) is 0.333. The summed E-state index contributed by atoms with van der Waals surface area (Å²) in [6.45, 7) is 8.09. The first-order chi connectivity index (χ1) is 15.4. The lowest BCUT2D eigenvalue weighted by molar-refractivity contribution is 0.393.